The summed E-state index contributed by atoms with van der Waals surface area (Å²) < 4.78 is 9.45. The number of hydrogen-bond donors (Lipinski definition) is 0. The zero-order valence-corrected chi connectivity index (χ0v) is 10.0. The van der Waals surface area contributed by atoms with Crippen molar-refractivity contribution in [3.05, 3.63) is 0 Å². The van der Waals surface area contributed by atoms with Gasteiger partial charge in [0.25, 0.3) is 0 Å². The van der Waals surface area contributed by atoms with Crippen molar-refractivity contribution in [3.63, 3.8) is 0 Å². The van der Waals surface area contributed by atoms with Crippen LogP contribution in [0.4, 0.5) is 0 Å². The smallest absolute Gasteiger partial charge is 0.319 e. The zero-order valence-electron chi connectivity index (χ0n) is 9.23. The van der Waals surface area contributed by atoms with Crippen LogP contribution in [-0.2, 0) is 23.9 Å². The third kappa shape index (κ3) is 2.98. The van der Waals surface area contributed by atoms with E-state index in [1.165, 1.54) is 7.11 Å². The first-order chi connectivity index (χ1) is 7.60. The summed E-state index contributed by atoms with van der Waals surface area (Å²) in [7, 11) is 1.24. The van der Waals surface area contributed by atoms with Crippen LogP contribution in [0.2, 0.25) is 0 Å². The maximum Gasteiger partial charge on any atom is 0.319 e. The van der Waals surface area contributed by atoms with Crippen molar-refractivity contribution in [3.8, 4) is 0 Å². The lowest BCUT2D eigenvalue weighted by Crippen LogP contribution is -2.40. The molecular weight excluding hydrogens is 232 g/mol. The van der Waals surface area contributed by atoms with Crippen molar-refractivity contribution in [2.24, 2.45) is 5.92 Å². The lowest BCUT2D eigenvalue weighted by Gasteiger charge is -2.26. The van der Waals surface area contributed by atoms with Crippen molar-refractivity contribution in [2.45, 2.75) is 18.6 Å². The molecule has 1 fully saturated rings. The number of esters is 2. The van der Waals surface area contributed by atoms with Gasteiger partial charge in [0.15, 0.2) is 0 Å². The molecule has 1 heterocycles. The molecule has 2 atom stereocenters. The number of ether oxygens (including phenoxy) is 2. The molecule has 0 unspecified atom stereocenters. The quantitative estimate of drug-likeness (QED) is 0.672. The SMILES string of the molecule is CCOC(=O)[C@H]1SCC(=O)C[C@H]1C(=O)OC. The number of rotatable bonds is 3. The second kappa shape index (κ2) is 5.89. The van der Waals surface area contributed by atoms with Gasteiger partial charge in [-0.1, -0.05) is 0 Å². The van der Waals surface area contributed by atoms with Crippen molar-refractivity contribution in [1.29, 1.82) is 0 Å². The van der Waals surface area contributed by atoms with E-state index < -0.39 is 23.1 Å². The minimum Gasteiger partial charge on any atom is -0.469 e. The second-order valence-corrected chi connectivity index (χ2v) is 4.49. The molecule has 1 aliphatic rings. The summed E-state index contributed by atoms with van der Waals surface area (Å²) in [6, 6.07) is 0. The Morgan fingerprint density at radius 1 is 1.44 bits per heavy atom. The monoisotopic (exact) mass is 246 g/mol. The largest absolute Gasteiger partial charge is 0.469 e. The predicted octanol–water partition coefficient (Wildman–Crippen LogP) is 0.413. The third-order valence-corrected chi connectivity index (χ3v) is 3.63. The first kappa shape index (κ1) is 13.0. The maximum atomic E-state index is 11.6. The van der Waals surface area contributed by atoms with Gasteiger partial charge in [-0.25, -0.2) is 0 Å². The van der Waals surface area contributed by atoms with E-state index in [2.05, 4.69) is 4.74 Å². The number of ketones is 1. The van der Waals surface area contributed by atoms with Crippen molar-refractivity contribution in [2.75, 3.05) is 19.5 Å². The fourth-order valence-corrected chi connectivity index (χ4v) is 2.65. The number of methoxy groups -OCH3 is 1. The van der Waals surface area contributed by atoms with Crippen molar-refractivity contribution < 1.29 is 23.9 Å². The van der Waals surface area contributed by atoms with Crippen LogP contribution in [0.3, 0.4) is 0 Å². The minimum absolute atomic E-state index is 0.0408. The summed E-state index contributed by atoms with van der Waals surface area (Å²) in [4.78, 5) is 34.2. The highest BCUT2D eigenvalue weighted by atomic mass is 32.2. The van der Waals surface area contributed by atoms with Gasteiger partial charge in [0.1, 0.15) is 11.0 Å². The van der Waals surface area contributed by atoms with E-state index in [0.717, 1.165) is 11.8 Å². The van der Waals surface area contributed by atoms with Gasteiger partial charge in [-0.2, -0.15) is 0 Å². The average Bonchev–Trinajstić information content (AvgIpc) is 2.28. The predicted molar refractivity (Wildman–Crippen MR) is 58.0 cm³/mol. The van der Waals surface area contributed by atoms with Gasteiger partial charge in [-0.3, -0.25) is 14.4 Å². The molecule has 6 heteroatoms. The molecule has 0 N–H and O–H groups in total. The Labute approximate surface area is 97.9 Å². The molecule has 0 amide bonds. The fourth-order valence-electron chi connectivity index (χ4n) is 1.53. The number of thioether (sulfide) groups is 1. The Balaban J connectivity index is 2.75. The summed E-state index contributed by atoms with van der Waals surface area (Å²) in [5.74, 6) is -1.48. The Morgan fingerprint density at radius 2 is 2.12 bits per heavy atom. The van der Waals surface area contributed by atoms with Crippen LogP contribution in [0.1, 0.15) is 13.3 Å². The molecule has 0 aromatic rings. The van der Waals surface area contributed by atoms with Crippen LogP contribution < -0.4 is 0 Å². The minimum atomic E-state index is -0.713. The number of Topliss-reactive ketones (excluding diaryl/α,β-unsaturated/α-hetero) is 1. The van der Waals surface area contributed by atoms with Gasteiger partial charge in [-0.15, -0.1) is 11.8 Å². The average molecular weight is 246 g/mol. The number of carbonyl (C=O) groups is 3. The van der Waals surface area contributed by atoms with E-state index in [-0.39, 0.29) is 24.6 Å². The summed E-state index contributed by atoms with van der Waals surface area (Å²) in [6.45, 7) is 1.96. The van der Waals surface area contributed by atoms with E-state index in [4.69, 9.17) is 4.74 Å². The molecule has 5 nitrogen and oxygen atoms in total. The molecular formula is C10H14O5S. The highest BCUT2D eigenvalue weighted by Gasteiger charge is 2.41. The van der Waals surface area contributed by atoms with Crippen LogP contribution in [0.5, 0.6) is 0 Å². The highest BCUT2D eigenvalue weighted by molar-refractivity contribution is 8.01. The van der Waals surface area contributed by atoms with E-state index in [1.807, 2.05) is 0 Å². The summed E-state index contributed by atoms with van der Waals surface area (Å²) >= 11 is 1.15. The van der Waals surface area contributed by atoms with Crippen molar-refractivity contribution >= 4 is 29.5 Å². The first-order valence-corrected chi connectivity index (χ1v) is 6.02. The lowest BCUT2D eigenvalue weighted by atomic mass is 9.98. The Kier molecular flexibility index (Phi) is 4.79. The van der Waals surface area contributed by atoms with E-state index in [0.29, 0.717) is 0 Å². The first-order valence-electron chi connectivity index (χ1n) is 4.98. The molecule has 0 spiro atoms. The topological polar surface area (TPSA) is 69.7 Å². The van der Waals surface area contributed by atoms with Gasteiger partial charge in [0.05, 0.1) is 25.4 Å². The molecule has 1 aliphatic heterocycles. The van der Waals surface area contributed by atoms with Crippen LogP contribution in [0, 0.1) is 5.92 Å². The second-order valence-electron chi connectivity index (χ2n) is 3.36. The van der Waals surface area contributed by atoms with Gasteiger partial charge in [0.2, 0.25) is 0 Å². The normalized spacial score (nSPS) is 25.0. The fraction of sp³-hybridized carbons (Fsp3) is 0.700. The van der Waals surface area contributed by atoms with E-state index >= 15 is 0 Å². The van der Waals surface area contributed by atoms with Crippen LogP contribution in [0.25, 0.3) is 0 Å². The molecule has 16 heavy (non-hydrogen) atoms. The van der Waals surface area contributed by atoms with Crippen molar-refractivity contribution in [1.82, 2.24) is 0 Å². The number of carbonyl (C=O) groups excluding carboxylic acids is 3. The lowest BCUT2D eigenvalue weighted by molar-refractivity contribution is -0.153. The molecule has 0 aromatic carbocycles. The van der Waals surface area contributed by atoms with E-state index in [1.54, 1.807) is 6.92 Å². The Hall–Kier alpha value is -1.04. The molecule has 0 aliphatic carbocycles. The summed E-state index contributed by atoms with van der Waals surface area (Å²) in [5.41, 5.74) is 0. The molecule has 0 saturated carbocycles. The molecule has 0 aromatic heterocycles. The zero-order chi connectivity index (χ0) is 12.1. The van der Waals surface area contributed by atoms with Crippen LogP contribution in [-0.4, -0.2) is 42.4 Å². The molecule has 0 radical (unpaired) electrons. The molecule has 1 saturated heterocycles. The summed E-state index contributed by atoms with van der Waals surface area (Å²) in [5, 5.41) is -0.620. The Morgan fingerprint density at radius 3 is 2.69 bits per heavy atom. The standard InChI is InChI=1S/C10H14O5S/c1-3-15-10(13)8-7(9(12)14-2)4-6(11)5-16-8/h7-8H,3-5H2,1-2H3/t7-,8+/m1/s1. The van der Waals surface area contributed by atoms with Gasteiger partial charge in [0, 0.05) is 6.42 Å². The van der Waals surface area contributed by atoms with Gasteiger partial charge in [-0.05, 0) is 6.92 Å². The van der Waals surface area contributed by atoms with Gasteiger partial charge >= 0.3 is 11.9 Å². The Bertz CT molecular complexity index is 302. The highest BCUT2D eigenvalue weighted by Crippen LogP contribution is 2.30. The van der Waals surface area contributed by atoms with Crippen LogP contribution in [0.15, 0.2) is 0 Å². The maximum absolute atomic E-state index is 11.6. The third-order valence-electron chi connectivity index (χ3n) is 2.26. The number of hydrogen-bond acceptors (Lipinski definition) is 6. The molecule has 1 rings (SSSR count). The van der Waals surface area contributed by atoms with Crippen LogP contribution >= 0.6 is 11.8 Å². The summed E-state index contributed by atoms with van der Waals surface area (Å²) in [6.07, 6.45) is 0.0587. The molecule has 0 bridgehead atoms. The van der Waals surface area contributed by atoms with E-state index in [9.17, 15) is 14.4 Å². The molecule has 90 valence electrons. The van der Waals surface area contributed by atoms with Gasteiger partial charge < -0.3 is 9.47 Å².